The topological polar surface area (TPSA) is 95.0 Å². The van der Waals surface area contributed by atoms with Crippen molar-refractivity contribution in [3.05, 3.63) is 29.8 Å². The first-order valence-corrected chi connectivity index (χ1v) is 10.4. The number of benzene rings is 1. The molecule has 2 heterocycles. The van der Waals surface area contributed by atoms with E-state index in [9.17, 15) is 18.0 Å². The summed E-state index contributed by atoms with van der Waals surface area (Å²) in [6.45, 7) is 2.93. The lowest BCUT2D eigenvalue weighted by Gasteiger charge is -2.32. The van der Waals surface area contributed by atoms with Crippen molar-refractivity contribution < 1.29 is 23.1 Å². The van der Waals surface area contributed by atoms with Gasteiger partial charge in [0.05, 0.1) is 10.8 Å². The van der Waals surface area contributed by atoms with Crippen LogP contribution in [-0.4, -0.2) is 60.3 Å². The van der Waals surface area contributed by atoms with Crippen molar-refractivity contribution in [2.24, 2.45) is 5.92 Å². The van der Waals surface area contributed by atoms with Crippen molar-refractivity contribution in [1.82, 2.24) is 9.21 Å². The number of nitrogens with zero attached hydrogens (tertiary/aromatic N) is 2. The van der Waals surface area contributed by atoms with Gasteiger partial charge in [0.15, 0.2) is 0 Å². The number of likely N-dealkylation sites (tertiary alicyclic amines) is 1. The number of carboxylic acid groups (broad SMARTS) is 1. The molecule has 0 radical (unpaired) electrons. The van der Waals surface area contributed by atoms with E-state index in [0.717, 1.165) is 19.3 Å². The molecule has 0 aromatic heterocycles. The summed E-state index contributed by atoms with van der Waals surface area (Å²) in [4.78, 5) is 25.3. The van der Waals surface area contributed by atoms with Gasteiger partial charge in [-0.2, -0.15) is 4.31 Å². The number of aliphatic carboxylic acids is 1. The summed E-state index contributed by atoms with van der Waals surface area (Å²) in [6.07, 6.45) is 3.12. The highest BCUT2D eigenvalue weighted by atomic mass is 32.2. The van der Waals surface area contributed by atoms with Crippen molar-refractivity contribution in [2.45, 2.75) is 43.5 Å². The average Bonchev–Trinajstić information content (AvgIpc) is 3.12. The van der Waals surface area contributed by atoms with Gasteiger partial charge in [0.2, 0.25) is 10.0 Å². The maximum Gasteiger partial charge on any atom is 0.308 e. The summed E-state index contributed by atoms with van der Waals surface area (Å²) in [5.41, 5.74) is 0.279. The molecule has 3 rings (SSSR count). The number of carboxylic acids is 1. The van der Waals surface area contributed by atoms with Crippen molar-refractivity contribution >= 4 is 21.9 Å². The van der Waals surface area contributed by atoms with Crippen LogP contribution in [0.4, 0.5) is 0 Å². The fourth-order valence-electron chi connectivity index (χ4n) is 3.68. The summed E-state index contributed by atoms with van der Waals surface area (Å²) >= 11 is 0. The minimum absolute atomic E-state index is 0.0528. The summed E-state index contributed by atoms with van der Waals surface area (Å²) in [5.74, 6) is -1.78. The Morgan fingerprint density at radius 3 is 2.58 bits per heavy atom. The van der Waals surface area contributed by atoms with E-state index in [1.54, 1.807) is 12.1 Å². The highest BCUT2D eigenvalue weighted by Gasteiger charge is 2.33. The summed E-state index contributed by atoms with van der Waals surface area (Å²) in [6, 6.07) is 6.02. The molecule has 1 N–H and O–H groups in total. The average molecular weight is 380 g/mol. The van der Waals surface area contributed by atoms with Crippen LogP contribution in [-0.2, 0) is 14.8 Å². The molecule has 1 aromatic rings. The zero-order valence-electron chi connectivity index (χ0n) is 14.8. The Morgan fingerprint density at radius 1 is 1.15 bits per heavy atom. The van der Waals surface area contributed by atoms with Crippen LogP contribution in [0, 0.1) is 5.92 Å². The first kappa shape index (κ1) is 18.8. The summed E-state index contributed by atoms with van der Waals surface area (Å²) < 4.78 is 27.4. The zero-order chi connectivity index (χ0) is 18.9. The molecule has 0 spiro atoms. The molecule has 2 atom stereocenters. The van der Waals surface area contributed by atoms with E-state index in [-0.39, 0.29) is 29.0 Å². The van der Waals surface area contributed by atoms with Gasteiger partial charge in [-0.25, -0.2) is 8.42 Å². The molecular weight excluding hydrogens is 356 g/mol. The lowest BCUT2D eigenvalue weighted by Crippen LogP contribution is -2.42. The van der Waals surface area contributed by atoms with Crippen molar-refractivity contribution in [1.29, 1.82) is 0 Å². The first-order valence-electron chi connectivity index (χ1n) is 8.94. The fraction of sp³-hybridized carbons (Fsp3) is 0.556. The first-order chi connectivity index (χ1) is 12.3. The van der Waals surface area contributed by atoms with Crippen LogP contribution in [0.25, 0.3) is 0 Å². The molecule has 2 unspecified atom stereocenters. The normalized spacial score (nSPS) is 24.6. The monoisotopic (exact) mass is 380 g/mol. The molecule has 1 aromatic carbocycles. The van der Waals surface area contributed by atoms with E-state index >= 15 is 0 Å². The number of amides is 1. The highest BCUT2D eigenvalue weighted by Crippen LogP contribution is 2.26. The smallest absolute Gasteiger partial charge is 0.308 e. The molecule has 1 amide bonds. The van der Waals surface area contributed by atoms with Crippen LogP contribution in [0.15, 0.2) is 29.2 Å². The van der Waals surface area contributed by atoms with Gasteiger partial charge < -0.3 is 10.0 Å². The molecule has 8 heteroatoms. The SMILES string of the molecule is CC1CCCCN1S(=O)(=O)c1cccc(C(=O)N2CCC(C(=O)O)C2)c1. The molecule has 7 nitrogen and oxygen atoms in total. The second-order valence-corrected chi connectivity index (χ2v) is 8.95. The van der Waals surface area contributed by atoms with E-state index in [4.69, 9.17) is 5.11 Å². The quantitative estimate of drug-likeness (QED) is 0.859. The molecule has 2 saturated heterocycles. The van der Waals surface area contributed by atoms with Gasteiger partial charge in [0, 0.05) is 31.2 Å². The van der Waals surface area contributed by atoms with Crippen LogP contribution in [0.5, 0.6) is 0 Å². The highest BCUT2D eigenvalue weighted by molar-refractivity contribution is 7.89. The Labute approximate surface area is 153 Å². The van der Waals surface area contributed by atoms with Gasteiger partial charge >= 0.3 is 5.97 Å². The molecule has 0 saturated carbocycles. The number of carbonyl (C=O) groups excluding carboxylic acids is 1. The molecule has 0 bridgehead atoms. The molecule has 2 fully saturated rings. The Bertz CT molecular complexity index is 808. The van der Waals surface area contributed by atoms with E-state index in [1.807, 2.05) is 6.92 Å². The molecule has 26 heavy (non-hydrogen) atoms. The maximum absolute atomic E-state index is 13.0. The van der Waals surface area contributed by atoms with E-state index < -0.39 is 21.9 Å². The standard InChI is InChI=1S/C18H24N2O5S/c1-13-5-2-3-9-20(13)26(24,25)16-7-4-6-14(11-16)17(21)19-10-8-15(12-19)18(22)23/h4,6-7,11,13,15H,2-3,5,8-10,12H2,1H3,(H,22,23). The summed E-state index contributed by atoms with van der Waals surface area (Å²) in [5, 5.41) is 9.08. The van der Waals surface area contributed by atoms with Crippen LogP contribution < -0.4 is 0 Å². The Kier molecular flexibility index (Phi) is 5.34. The third kappa shape index (κ3) is 3.61. The third-order valence-electron chi connectivity index (χ3n) is 5.25. The number of hydrogen-bond donors (Lipinski definition) is 1. The van der Waals surface area contributed by atoms with E-state index in [0.29, 0.717) is 19.5 Å². The number of hydrogen-bond acceptors (Lipinski definition) is 4. The second-order valence-electron chi connectivity index (χ2n) is 7.06. The van der Waals surface area contributed by atoms with Gasteiger partial charge in [-0.3, -0.25) is 9.59 Å². The minimum Gasteiger partial charge on any atom is -0.481 e. The summed E-state index contributed by atoms with van der Waals surface area (Å²) in [7, 11) is -3.65. The van der Waals surface area contributed by atoms with Crippen LogP contribution in [0.1, 0.15) is 43.0 Å². The maximum atomic E-state index is 13.0. The molecule has 142 valence electrons. The molecule has 2 aliphatic rings. The second kappa shape index (κ2) is 7.36. The fourth-order valence-corrected chi connectivity index (χ4v) is 5.43. The number of piperidine rings is 1. The predicted octanol–water partition coefficient (Wildman–Crippen LogP) is 1.80. The van der Waals surface area contributed by atoms with Gasteiger partial charge in [0.25, 0.3) is 5.91 Å². The van der Waals surface area contributed by atoms with Crippen molar-refractivity contribution in [3.63, 3.8) is 0 Å². The van der Waals surface area contributed by atoms with Crippen molar-refractivity contribution in [3.8, 4) is 0 Å². The van der Waals surface area contributed by atoms with Crippen LogP contribution >= 0.6 is 0 Å². The third-order valence-corrected chi connectivity index (χ3v) is 7.26. The lowest BCUT2D eigenvalue weighted by molar-refractivity contribution is -0.141. The number of rotatable bonds is 4. The Hall–Kier alpha value is -1.93. The van der Waals surface area contributed by atoms with Crippen LogP contribution in [0.3, 0.4) is 0 Å². The zero-order valence-corrected chi connectivity index (χ0v) is 15.6. The van der Waals surface area contributed by atoms with E-state index in [2.05, 4.69) is 0 Å². The van der Waals surface area contributed by atoms with Crippen LogP contribution in [0.2, 0.25) is 0 Å². The van der Waals surface area contributed by atoms with Gasteiger partial charge in [-0.05, 0) is 44.4 Å². The molecular formula is C18H24N2O5S. The number of sulfonamides is 1. The predicted molar refractivity (Wildman–Crippen MR) is 95.3 cm³/mol. The van der Waals surface area contributed by atoms with Gasteiger partial charge in [0.1, 0.15) is 0 Å². The van der Waals surface area contributed by atoms with Crippen molar-refractivity contribution in [2.75, 3.05) is 19.6 Å². The minimum atomic E-state index is -3.65. The number of carbonyl (C=O) groups is 2. The molecule has 0 aliphatic carbocycles. The lowest BCUT2D eigenvalue weighted by atomic mass is 10.1. The molecule has 2 aliphatic heterocycles. The Morgan fingerprint density at radius 2 is 1.92 bits per heavy atom. The Balaban J connectivity index is 1.82. The van der Waals surface area contributed by atoms with Gasteiger partial charge in [-0.1, -0.05) is 12.5 Å². The van der Waals surface area contributed by atoms with E-state index in [1.165, 1.54) is 21.3 Å². The van der Waals surface area contributed by atoms with Gasteiger partial charge in [-0.15, -0.1) is 0 Å². The largest absolute Gasteiger partial charge is 0.481 e.